The summed E-state index contributed by atoms with van der Waals surface area (Å²) < 4.78 is 4.96. The number of rotatable bonds is 5. The van der Waals surface area contributed by atoms with Crippen molar-refractivity contribution in [2.45, 2.75) is 6.92 Å². The number of esters is 1. The van der Waals surface area contributed by atoms with Gasteiger partial charge in [0.2, 0.25) is 0 Å². The molecule has 0 aliphatic carbocycles. The lowest BCUT2D eigenvalue weighted by Crippen LogP contribution is -2.16. The van der Waals surface area contributed by atoms with Crippen molar-refractivity contribution in [3.63, 3.8) is 0 Å². The second-order valence-corrected chi connectivity index (χ2v) is 4.23. The van der Waals surface area contributed by atoms with Crippen molar-refractivity contribution in [1.29, 1.82) is 0 Å². The molecule has 0 aliphatic heterocycles. The maximum absolute atomic E-state index is 12.5. The lowest BCUT2D eigenvalue weighted by Gasteiger charge is -2.06. The molecule has 1 heterocycles. The molecule has 0 saturated heterocycles. The van der Waals surface area contributed by atoms with Gasteiger partial charge in [-0.1, -0.05) is 36.4 Å². The number of benzene rings is 1. The Hall–Kier alpha value is -2.75. The number of nitrogens with zero attached hydrogens (tertiary/aromatic N) is 1. The zero-order chi connectivity index (χ0) is 15.1. The first kappa shape index (κ1) is 14.7. The number of carbonyl (C=O) groups is 2. The smallest absolute Gasteiger partial charge is 0.342 e. The van der Waals surface area contributed by atoms with Gasteiger partial charge in [-0.15, -0.1) is 0 Å². The van der Waals surface area contributed by atoms with Crippen molar-refractivity contribution < 1.29 is 14.3 Å². The average molecular weight is 281 g/mol. The topological polar surface area (TPSA) is 56.3 Å². The van der Waals surface area contributed by atoms with E-state index < -0.39 is 5.97 Å². The van der Waals surface area contributed by atoms with Gasteiger partial charge in [-0.2, -0.15) is 0 Å². The molecule has 0 N–H and O–H groups in total. The van der Waals surface area contributed by atoms with E-state index in [1.807, 2.05) is 6.07 Å². The van der Waals surface area contributed by atoms with E-state index in [2.05, 4.69) is 4.98 Å². The van der Waals surface area contributed by atoms with Crippen LogP contribution in [0.5, 0.6) is 0 Å². The highest BCUT2D eigenvalue weighted by molar-refractivity contribution is 6.26. The van der Waals surface area contributed by atoms with Crippen LogP contribution in [-0.4, -0.2) is 23.3 Å². The van der Waals surface area contributed by atoms with Crippen molar-refractivity contribution in [3.05, 3.63) is 71.6 Å². The number of ether oxygens (including phenoxy) is 1. The van der Waals surface area contributed by atoms with Gasteiger partial charge in [0.05, 0.1) is 12.3 Å². The van der Waals surface area contributed by atoms with Crippen LogP contribution >= 0.6 is 0 Å². The van der Waals surface area contributed by atoms with E-state index in [1.54, 1.807) is 55.6 Å². The fourth-order valence-corrected chi connectivity index (χ4v) is 1.78. The number of aromatic nitrogens is 1. The highest BCUT2D eigenvalue weighted by Gasteiger charge is 2.21. The minimum absolute atomic E-state index is 0.0262. The number of carbonyl (C=O) groups excluding carboxylic acids is 2. The lowest BCUT2D eigenvalue weighted by molar-refractivity contribution is -0.137. The number of pyridine rings is 1. The van der Waals surface area contributed by atoms with Gasteiger partial charge in [-0.25, -0.2) is 4.79 Å². The van der Waals surface area contributed by atoms with Crippen LogP contribution in [-0.2, 0) is 9.53 Å². The number of Topliss-reactive ketones (excluding diaryl/α,β-unsaturated/α-hetero) is 1. The van der Waals surface area contributed by atoms with Crippen LogP contribution < -0.4 is 0 Å². The number of ketones is 1. The second kappa shape index (κ2) is 7.14. The molecule has 1 aromatic carbocycles. The van der Waals surface area contributed by atoms with Crippen molar-refractivity contribution in [1.82, 2.24) is 4.98 Å². The van der Waals surface area contributed by atoms with Gasteiger partial charge in [0.1, 0.15) is 5.57 Å². The Balaban J connectivity index is 2.40. The molecule has 0 radical (unpaired) electrons. The van der Waals surface area contributed by atoms with Crippen LogP contribution in [0.25, 0.3) is 6.08 Å². The van der Waals surface area contributed by atoms with E-state index >= 15 is 0 Å². The normalized spacial score (nSPS) is 11.0. The molecule has 106 valence electrons. The largest absolute Gasteiger partial charge is 0.462 e. The standard InChI is InChI=1S/C17H15NO3/c1-2-21-17(20)15(12-14-10-6-7-11-18-14)16(19)13-8-4-3-5-9-13/h3-12H,2H2,1H3/b15-12+. The van der Waals surface area contributed by atoms with Gasteiger partial charge in [0.25, 0.3) is 0 Å². The molecule has 2 rings (SSSR count). The van der Waals surface area contributed by atoms with Crippen molar-refractivity contribution in [3.8, 4) is 0 Å². The molecule has 0 atom stereocenters. The molecule has 4 nitrogen and oxygen atoms in total. The third-order valence-electron chi connectivity index (χ3n) is 2.76. The monoisotopic (exact) mass is 281 g/mol. The Labute approximate surface area is 123 Å². The molecule has 21 heavy (non-hydrogen) atoms. The fourth-order valence-electron chi connectivity index (χ4n) is 1.78. The SMILES string of the molecule is CCOC(=O)/C(=C/c1ccccn1)C(=O)c1ccccc1. The molecule has 4 heteroatoms. The third-order valence-corrected chi connectivity index (χ3v) is 2.76. The predicted octanol–water partition coefficient (Wildman–Crippen LogP) is 2.91. The molecule has 0 saturated carbocycles. The molecular formula is C17H15NO3. The lowest BCUT2D eigenvalue weighted by atomic mass is 10.0. The van der Waals surface area contributed by atoms with Crippen molar-refractivity contribution in [2.75, 3.05) is 6.61 Å². The average Bonchev–Trinajstić information content (AvgIpc) is 2.54. The van der Waals surface area contributed by atoms with E-state index in [4.69, 9.17) is 4.74 Å². The zero-order valence-electron chi connectivity index (χ0n) is 11.7. The van der Waals surface area contributed by atoms with Gasteiger partial charge in [-0.3, -0.25) is 9.78 Å². The summed E-state index contributed by atoms with van der Waals surface area (Å²) in [4.78, 5) is 28.6. The maximum atomic E-state index is 12.5. The van der Waals surface area contributed by atoms with E-state index in [0.29, 0.717) is 11.3 Å². The predicted molar refractivity (Wildman–Crippen MR) is 79.6 cm³/mol. The number of hydrogen-bond donors (Lipinski definition) is 0. The van der Waals surface area contributed by atoms with Gasteiger partial charge >= 0.3 is 5.97 Å². The highest BCUT2D eigenvalue weighted by atomic mass is 16.5. The molecule has 0 fully saturated rings. The minimum atomic E-state index is -0.642. The molecule has 0 amide bonds. The van der Waals surface area contributed by atoms with E-state index in [0.717, 1.165) is 0 Å². The molecule has 0 aliphatic rings. The fraction of sp³-hybridized carbons (Fsp3) is 0.118. The van der Waals surface area contributed by atoms with Crippen LogP contribution in [0.1, 0.15) is 23.0 Å². The molecular weight excluding hydrogens is 266 g/mol. The van der Waals surface area contributed by atoms with Gasteiger partial charge in [0, 0.05) is 11.8 Å². The van der Waals surface area contributed by atoms with Crippen molar-refractivity contribution >= 4 is 17.8 Å². The Bertz CT molecular complexity index is 648. The zero-order valence-corrected chi connectivity index (χ0v) is 11.7. The molecule has 2 aromatic rings. The van der Waals surface area contributed by atoms with E-state index in [-0.39, 0.29) is 18.0 Å². The summed E-state index contributed by atoms with van der Waals surface area (Å²) in [7, 11) is 0. The summed E-state index contributed by atoms with van der Waals surface area (Å²) in [5, 5.41) is 0. The highest BCUT2D eigenvalue weighted by Crippen LogP contribution is 2.13. The van der Waals surface area contributed by atoms with Crippen LogP contribution in [0.2, 0.25) is 0 Å². The molecule has 0 unspecified atom stereocenters. The Morgan fingerprint density at radius 1 is 1.10 bits per heavy atom. The molecule has 0 bridgehead atoms. The summed E-state index contributed by atoms with van der Waals surface area (Å²) >= 11 is 0. The van der Waals surface area contributed by atoms with Gasteiger partial charge in [-0.05, 0) is 25.1 Å². The van der Waals surface area contributed by atoms with Crippen LogP contribution in [0.3, 0.4) is 0 Å². The summed E-state index contributed by atoms with van der Waals surface area (Å²) in [5.74, 6) is -1.02. The van der Waals surface area contributed by atoms with Crippen LogP contribution in [0, 0.1) is 0 Å². The first-order valence-corrected chi connectivity index (χ1v) is 6.62. The van der Waals surface area contributed by atoms with Crippen LogP contribution in [0.4, 0.5) is 0 Å². The maximum Gasteiger partial charge on any atom is 0.342 e. The second-order valence-electron chi connectivity index (χ2n) is 4.23. The van der Waals surface area contributed by atoms with E-state index in [1.165, 1.54) is 6.08 Å². The quantitative estimate of drug-likeness (QED) is 0.278. The Morgan fingerprint density at radius 3 is 2.43 bits per heavy atom. The Morgan fingerprint density at radius 2 is 1.81 bits per heavy atom. The minimum Gasteiger partial charge on any atom is -0.462 e. The molecule has 1 aromatic heterocycles. The van der Waals surface area contributed by atoms with E-state index in [9.17, 15) is 9.59 Å². The van der Waals surface area contributed by atoms with Gasteiger partial charge < -0.3 is 4.74 Å². The number of hydrogen-bond acceptors (Lipinski definition) is 4. The van der Waals surface area contributed by atoms with Gasteiger partial charge in [0.15, 0.2) is 5.78 Å². The van der Waals surface area contributed by atoms with Crippen molar-refractivity contribution in [2.24, 2.45) is 0 Å². The third kappa shape index (κ3) is 3.86. The first-order chi connectivity index (χ1) is 10.2. The summed E-state index contributed by atoms with van der Waals surface area (Å²) in [6.45, 7) is 1.91. The first-order valence-electron chi connectivity index (χ1n) is 6.62. The Kier molecular flexibility index (Phi) is 4.99. The van der Waals surface area contributed by atoms with Crippen LogP contribution in [0.15, 0.2) is 60.3 Å². The summed E-state index contributed by atoms with van der Waals surface area (Å²) in [5.41, 5.74) is 0.944. The summed E-state index contributed by atoms with van der Waals surface area (Å²) in [6, 6.07) is 13.9. The summed E-state index contributed by atoms with van der Waals surface area (Å²) in [6.07, 6.45) is 3.05. The molecule has 0 spiro atoms.